The summed E-state index contributed by atoms with van der Waals surface area (Å²) in [5.74, 6) is 0.257. The van der Waals surface area contributed by atoms with Gasteiger partial charge in [-0.2, -0.15) is 0 Å². The summed E-state index contributed by atoms with van der Waals surface area (Å²) in [6.45, 7) is 1.89. The number of rotatable bonds is 2. The van der Waals surface area contributed by atoms with E-state index in [1.165, 1.54) is 19.3 Å². The topological polar surface area (TPSA) is 45.4 Å². The lowest BCUT2D eigenvalue weighted by atomic mass is 9.99. The lowest BCUT2D eigenvalue weighted by molar-refractivity contribution is 0.311. The van der Waals surface area contributed by atoms with Gasteiger partial charge in [0, 0.05) is 6.42 Å². The minimum absolute atomic E-state index is 0.257. The molecule has 3 nitrogen and oxygen atoms in total. The second-order valence-electron chi connectivity index (χ2n) is 3.09. The molecular formula is C9H16N2O. The molecule has 1 aliphatic carbocycles. The Bertz CT molecular complexity index is 179. The third kappa shape index (κ3) is 3.03. The number of hydrogen-bond acceptors (Lipinski definition) is 3. The van der Waals surface area contributed by atoms with Crippen LogP contribution in [0.5, 0.6) is 0 Å². The van der Waals surface area contributed by atoms with Gasteiger partial charge in [0.1, 0.15) is 0 Å². The standard InChI is InChI=1S/C9H16N2O/c1-2-9(10)12-11-8-6-4-3-5-7-8/h10H,2-7H2,1H3. The van der Waals surface area contributed by atoms with Crippen LogP contribution in [-0.4, -0.2) is 11.6 Å². The van der Waals surface area contributed by atoms with Crippen molar-refractivity contribution in [3.05, 3.63) is 0 Å². The van der Waals surface area contributed by atoms with Gasteiger partial charge in [-0.05, 0) is 25.7 Å². The monoisotopic (exact) mass is 168 g/mol. The predicted molar refractivity (Wildman–Crippen MR) is 49.6 cm³/mol. The normalized spacial score (nSPS) is 17.2. The fourth-order valence-corrected chi connectivity index (χ4v) is 1.24. The van der Waals surface area contributed by atoms with Crippen molar-refractivity contribution in [1.29, 1.82) is 5.41 Å². The summed E-state index contributed by atoms with van der Waals surface area (Å²) in [6, 6.07) is 0. The van der Waals surface area contributed by atoms with Gasteiger partial charge in [-0.3, -0.25) is 5.41 Å². The van der Waals surface area contributed by atoms with Gasteiger partial charge in [0.15, 0.2) is 0 Å². The molecular weight excluding hydrogens is 152 g/mol. The molecule has 1 N–H and O–H groups in total. The average Bonchev–Trinajstić information content (AvgIpc) is 2.16. The van der Waals surface area contributed by atoms with Crippen molar-refractivity contribution < 1.29 is 4.84 Å². The van der Waals surface area contributed by atoms with Crippen LogP contribution in [0.2, 0.25) is 0 Å². The largest absolute Gasteiger partial charge is 0.342 e. The minimum Gasteiger partial charge on any atom is -0.342 e. The van der Waals surface area contributed by atoms with Gasteiger partial charge >= 0.3 is 0 Å². The molecule has 0 saturated heterocycles. The zero-order chi connectivity index (χ0) is 8.81. The summed E-state index contributed by atoms with van der Waals surface area (Å²) in [7, 11) is 0. The van der Waals surface area contributed by atoms with Gasteiger partial charge in [0.05, 0.1) is 5.71 Å². The molecule has 12 heavy (non-hydrogen) atoms. The first-order valence-corrected chi connectivity index (χ1v) is 4.63. The predicted octanol–water partition coefficient (Wildman–Crippen LogP) is 2.71. The molecule has 0 amide bonds. The molecule has 3 heteroatoms. The summed E-state index contributed by atoms with van der Waals surface area (Å²) in [4.78, 5) is 4.90. The van der Waals surface area contributed by atoms with Crippen LogP contribution in [0.1, 0.15) is 45.4 Å². The summed E-state index contributed by atoms with van der Waals surface area (Å²) in [6.07, 6.45) is 6.48. The molecule has 1 aliphatic rings. The molecule has 1 rings (SSSR count). The fourth-order valence-electron chi connectivity index (χ4n) is 1.24. The third-order valence-electron chi connectivity index (χ3n) is 2.04. The van der Waals surface area contributed by atoms with E-state index >= 15 is 0 Å². The van der Waals surface area contributed by atoms with Crippen LogP contribution in [0.4, 0.5) is 0 Å². The highest BCUT2D eigenvalue weighted by Gasteiger charge is 2.07. The van der Waals surface area contributed by atoms with Gasteiger partial charge in [0.2, 0.25) is 5.90 Å². The van der Waals surface area contributed by atoms with E-state index < -0.39 is 0 Å². The fraction of sp³-hybridized carbons (Fsp3) is 0.778. The van der Waals surface area contributed by atoms with Crippen LogP contribution in [-0.2, 0) is 4.84 Å². The van der Waals surface area contributed by atoms with Gasteiger partial charge in [-0.1, -0.05) is 18.5 Å². The highest BCUT2D eigenvalue weighted by Crippen LogP contribution is 2.14. The maximum absolute atomic E-state index is 7.23. The Balaban J connectivity index is 2.29. The number of nitrogens with one attached hydrogen (secondary N) is 1. The quantitative estimate of drug-likeness (QED) is 0.384. The highest BCUT2D eigenvalue weighted by atomic mass is 16.6. The van der Waals surface area contributed by atoms with Crippen LogP contribution in [0.3, 0.4) is 0 Å². The Hall–Kier alpha value is -0.860. The molecule has 0 atom stereocenters. The van der Waals surface area contributed by atoms with E-state index in [-0.39, 0.29) is 5.90 Å². The number of oxime groups is 1. The van der Waals surface area contributed by atoms with Crippen molar-refractivity contribution >= 4 is 11.6 Å². The van der Waals surface area contributed by atoms with Gasteiger partial charge < -0.3 is 4.84 Å². The summed E-state index contributed by atoms with van der Waals surface area (Å²) < 4.78 is 0. The number of hydrogen-bond donors (Lipinski definition) is 1. The van der Waals surface area contributed by atoms with E-state index in [4.69, 9.17) is 10.2 Å². The first-order chi connectivity index (χ1) is 5.83. The van der Waals surface area contributed by atoms with E-state index in [1.807, 2.05) is 6.92 Å². The van der Waals surface area contributed by atoms with Crippen molar-refractivity contribution in [3.8, 4) is 0 Å². The Kier molecular flexibility index (Phi) is 3.77. The van der Waals surface area contributed by atoms with E-state index in [0.29, 0.717) is 6.42 Å². The molecule has 68 valence electrons. The zero-order valence-corrected chi connectivity index (χ0v) is 7.60. The Labute approximate surface area is 73.3 Å². The van der Waals surface area contributed by atoms with Gasteiger partial charge in [-0.15, -0.1) is 0 Å². The lowest BCUT2D eigenvalue weighted by Crippen LogP contribution is -2.07. The van der Waals surface area contributed by atoms with Crippen molar-refractivity contribution in [3.63, 3.8) is 0 Å². The van der Waals surface area contributed by atoms with E-state index in [9.17, 15) is 0 Å². The molecule has 0 aromatic rings. The van der Waals surface area contributed by atoms with Crippen molar-refractivity contribution in [1.82, 2.24) is 0 Å². The van der Waals surface area contributed by atoms with Gasteiger partial charge in [-0.25, -0.2) is 0 Å². The maximum Gasteiger partial charge on any atom is 0.217 e. The van der Waals surface area contributed by atoms with Crippen molar-refractivity contribution in [2.45, 2.75) is 45.4 Å². The number of nitrogens with zero attached hydrogens (tertiary/aromatic N) is 1. The molecule has 0 unspecified atom stereocenters. The molecule has 1 saturated carbocycles. The van der Waals surface area contributed by atoms with Crippen LogP contribution in [0.15, 0.2) is 5.16 Å². The molecule has 0 bridgehead atoms. The first-order valence-electron chi connectivity index (χ1n) is 4.63. The SMILES string of the molecule is CCC(=N)ON=C1CCCCC1. The summed E-state index contributed by atoms with van der Waals surface area (Å²) in [5.41, 5.74) is 1.12. The Morgan fingerprint density at radius 3 is 2.67 bits per heavy atom. The van der Waals surface area contributed by atoms with E-state index in [0.717, 1.165) is 18.6 Å². The van der Waals surface area contributed by atoms with Crippen molar-refractivity contribution in [2.24, 2.45) is 5.16 Å². The van der Waals surface area contributed by atoms with Crippen LogP contribution in [0.25, 0.3) is 0 Å². The molecule has 0 aromatic carbocycles. The second-order valence-corrected chi connectivity index (χ2v) is 3.09. The molecule has 1 fully saturated rings. The summed E-state index contributed by atoms with van der Waals surface area (Å²) >= 11 is 0. The van der Waals surface area contributed by atoms with Crippen LogP contribution < -0.4 is 0 Å². The first kappa shape index (κ1) is 9.23. The van der Waals surface area contributed by atoms with E-state index in [1.54, 1.807) is 0 Å². The lowest BCUT2D eigenvalue weighted by Gasteiger charge is -2.11. The molecule has 0 radical (unpaired) electrons. The molecule has 0 heterocycles. The summed E-state index contributed by atoms with van der Waals surface area (Å²) in [5, 5.41) is 11.2. The average molecular weight is 168 g/mol. The smallest absolute Gasteiger partial charge is 0.217 e. The Morgan fingerprint density at radius 2 is 2.08 bits per heavy atom. The van der Waals surface area contributed by atoms with Gasteiger partial charge in [0.25, 0.3) is 0 Å². The van der Waals surface area contributed by atoms with Crippen molar-refractivity contribution in [2.75, 3.05) is 0 Å². The zero-order valence-electron chi connectivity index (χ0n) is 7.60. The highest BCUT2D eigenvalue weighted by molar-refractivity contribution is 5.85. The second kappa shape index (κ2) is 4.91. The van der Waals surface area contributed by atoms with Crippen LogP contribution >= 0.6 is 0 Å². The Morgan fingerprint density at radius 1 is 1.42 bits per heavy atom. The van der Waals surface area contributed by atoms with Crippen LogP contribution in [0, 0.1) is 5.41 Å². The minimum atomic E-state index is 0.257. The molecule has 0 aliphatic heterocycles. The maximum atomic E-state index is 7.23. The van der Waals surface area contributed by atoms with E-state index in [2.05, 4.69) is 5.16 Å². The molecule has 0 spiro atoms. The molecule has 0 aromatic heterocycles. The third-order valence-corrected chi connectivity index (χ3v) is 2.04.